The molecular formula is C17H24N2O2. The van der Waals surface area contributed by atoms with E-state index < -0.39 is 0 Å². The lowest BCUT2D eigenvalue weighted by molar-refractivity contribution is 0.0526. The molecule has 1 N–H and O–H groups in total. The number of carbonyl (C=O) groups is 1. The van der Waals surface area contributed by atoms with E-state index in [1.54, 1.807) is 0 Å². The zero-order valence-electron chi connectivity index (χ0n) is 12.7. The van der Waals surface area contributed by atoms with Crippen molar-refractivity contribution in [1.29, 1.82) is 0 Å². The molecule has 2 fully saturated rings. The number of ether oxygens (including phenoxy) is 1. The maximum Gasteiger partial charge on any atom is 0.338 e. The topological polar surface area (TPSA) is 41.6 Å². The van der Waals surface area contributed by atoms with Gasteiger partial charge in [-0.2, -0.15) is 0 Å². The Bertz CT molecular complexity index is 486. The van der Waals surface area contributed by atoms with Crippen molar-refractivity contribution in [3.63, 3.8) is 0 Å². The first-order chi connectivity index (χ1) is 10.3. The lowest BCUT2D eigenvalue weighted by atomic mass is 9.99. The molecule has 2 aliphatic rings. The van der Waals surface area contributed by atoms with Crippen molar-refractivity contribution in [2.75, 3.05) is 25.0 Å². The number of carbonyl (C=O) groups excluding carboxylic acids is 1. The summed E-state index contributed by atoms with van der Waals surface area (Å²) in [5, 5.41) is 3.64. The van der Waals surface area contributed by atoms with Crippen molar-refractivity contribution >= 4 is 11.7 Å². The standard InChI is InChI=1S/C17H24N2O2/c1-2-21-17(20)13-6-8-14(9-7-13)18-15-10-12-19-11-4-3-5-16(15)19/h6-9,15-16,18H,2-5,10-12H2,1H3. The molecule has 0 bridgehead atoms. The first-order valence-electron chi connectivity index (χ1n) is 8.05. The van der Waals surface area contributed by atoms with E-state index in [-0.39, 0.29) is 5.97 Å². The molecule has 3 rings (SSSR count). The Hall–Kier alpha value is -1.55. The van der Waals surface area contributed by atoms with Gasteiger partial charge in [0.05, 0.1) is 12.2 Å². The Morgan fingerprint density at radius 3 is 2.81 bits per heavy atom. The molecule has 4 heteroatoms. The van der Waals surface area contributed by atoms with Gasteiger partial charge in [-0.3, -0.25) is 4.90 Å². The van der Waals surface area contributed by atoms with Crippen molar-refractivity contribution < 1.29 is 9.53 Å². The molecule has 2 aliphatic heterocycles. The number of nitrogens with zero attached hydrogens (tertiary/aromatic N) is 1. The number of hydrogen-bond acceptors (Lipinski definition) is 4. The summed E-state index contributed by atoms with van der Waals surface area (Å²) in [5.41, 5.74) is 1.72. The normalized spacial score (nSPS) is 25.4. The molecule has 0 radical (unpaired) electrons. The number of rotatable bonds is 4. The van der Waals surface area contributed by atoms with Gasteiger partial charge in [0.2, 0.25) is 0 Å². The molecule has 0 amide bonds. The van der Waals surface area contributed by atoms with E-state index in [0.717, 1.165) is 5.69 Å². The van der Waals surface area contributed by atoms with Crippen molar-refractivity contribution in [2.24, 2.45) is 0 Å². The molecule has 0 aliphatic carbocycles. The van der Waals surface area contributed by atoms with Crippen molar-refractivity contribution in [2.45, 2.75) is 44.7 Å². The second-order valence-electron chi connectivity index (χ2n) is 5.94. The van der Waals surface area contributed by atoms with Gasteiger partial charge in [-0.05, 0) is 57.0 Å². The monoisotopic (exact) mass is 288 g/mol. The Kier molecular flexibility index (Phi) is 4.44. The van der Waals surface area contributed by atoms with Crippen LogP contribution in [-0.4, -0.2) is 42.6 Å². The second-order valence-corrected chi connectivity index (χ2v) is 5.94. The van der Waals surface area contributed by atoms with Crippen LogP contribution in [0.2, 0.25) is 0 Å². The van der Waals surface area contributed by atoms with Gasteiger partial charge >= 0.3 is 5.97 Å². The van der Waals surface area contributed by atoms with Gasteiger partial charge in [0.25, 0.3) is 0 Å². The molecule has 0 aromatic heterocycles. The van der Waals surface area contributed by atoms with Gasteiger partial charge in [-0.25, -0.2) is 4.79 Å². The van der Waals surface area contributed by atoms with Crippen LogP contribution >= 0.6 is 0 Å². The Morgan fingerprint density at radius 2 is 2.05 bits per heavy atom. The van der Waals surface area contributed by atoms with Crippen LogP contribution in [0.1, 0.15) is 43.0 Å². The highest BCUT2D eigenvalue weighted by molar-refractivity contribution is 5.89. The van der Waals surface area contributed by atoms with Gasteiger partial charge in [-0.1, -0.05) is 6.42 Å². The molecule has 1 aromatic rings. The Morgan fingerprint density at radius 1 is 1.24 bits per heavy atom. The summed E-state index contributed by atoms with van der Waals surface area (Å²) >= 11 is 0. The molecule has 2 heterocycles. The zero-order chi connectivity index (χ0) is 14.7. The van der Waals surface area contributed by atoms with Crippen molar-refractivity contribution in [3.8, 4) is 0 Å². The molecule has 2 saturated heterocycles. The van der Waals surface area contributed by atoms with E-state index in [9.17, 15) is 4.79 Å². The molecule has 2 unspecified atom stereocenters. The lowest BCUT2D eigenvalue weighted by Crippen LogP contribution is -2.41. The summed E-state index contributed by atoms with van der Waals surface area (Å²) in [6, 6.07) is 8.87. The van der Waals surface area contributed by atoms with Gasteiger partial charge in [0, 0.05) is 24.3 Å². The maximum absolute atomic E-state index is 11.6. The molecule has 4 nitrogen and oxygen atoms in total. The average Bonchev–Trinajstić information content (AvgIpc) is 2.92. The van der Waals surface area contributed by atoms with Crippen LogP contribution in [0, 0.1) is 0 Å². The van der Waals surface area contributed by atoms with Crippen LogP contribution in [0.25, 0.3) is 0 Å². The number of piperidine rings is 1. The van der Waals surface area contributed by atoms with Crippen LogP contribution in [0.5, 0.6) is 0 Å². The molecule has 1 aromatic carbocycles. The first-order valence-corrected chi connectivity index (χ1v) is 8.05. The Labute approximate surface area is 126 Å². The Balaban J connectivity index is 1.61. The van der Waals surface area contributed by atoms with E-state index in [4.69, 9.17) is 4.74 Å². The average molecular weight is 288 g/mol. The number of anilines is 1. The summed E-state index contributed by atoms with van der Waals surface area (Å²) in [4.78, 5) is 14.3. The van der Waals surface area contributed by atoms with Gasteiger partial charge < -0.3 is 10.1 Å². The molecular weight excluding hydrogens is 264 g/mol. The largest absolute Gasteiger partial charge is 0.462 e. The van der Waals surface area contributed by atoms with E-state index in [2.05, 4.69) is 10.2 Å². The molecule has 114 valence electrons. The predicted octanol–water partition coefficient (Wildman–Crippen LogP) is 2.90. The molecule has 21 heavy (non-hydrogen) atoms. The third-order valence-corrected chi connectivity index (χ3v) is 4.60. The number of benzene rings is 1. The summed E-state index contributed by atoms with van der Waals surface area (Å²) in [6.45, 7) is 4.70. The maximum atomic E-state index is 11.6. The fraction of sp³-hybridized carbons (Fsp3) is 0.588. The summed E-state index contributed by atoms with van der Waals surface area (Å²) < 4.78 is 5.01. The van der Waals surface area contributed by atoms with E-state index >= 15 is 0 Å². The number of esters is 1. The minimum Gasteiger partial charge on any atom is -0.462 e. The van der Waals surface area contributed by atoms with Crippen LogP contribution in [-0.2, 0) is 4.74 Å². The van der Waals surface area contributed by atoms with Crippen molar-refractivity contribution in [3.05, 3.63) is 29.8 Å². The van der Waals surface area contributed by atoms with Crippen LogP contribution in [0.15, 0.2) is 24.3 Å². The van der Waals surface area contributed by atoms with Crippen LogP contribution in [0.3, 0.4) is 0 Å². The summed E-state index contributed by atoms with van der Waals surface area (Å²) in [6.07, 6.45) is 5.21. The third-order valence-electron chi connectivity index (χ3n) is 4.60. The number of nitrogens with one attached hydrogen (secondary N) is 1. The predicted molar refractivity (Wildman–Crippen MR) is 83.6 cm³/mol. The SMILES string of the molecule is CCOC(=O)c1ccc(NC2CCN3CCCCC23)cc1. The quantitative estimate of drug-likeness (QED) is 0.865. The molecule has 2 atom stereocenters. The minimum atomic E-state index is -0.247. The summed E-state index contributed by atoms with van der Waals surface area (Å²) in [5.74, 6) is -0.247. The van der Waals surface area contributed by atoms with Crippen molar-refractivity contribution in [1.82, 2.24) is 4.90 Å². The third kappa shape index (κ3) is 3.21. The molecule has 0 spiro atoms. The zero-order valence-corrected chi connectivity index (χ0v) is 12.7. The highest BCUT2D eigenvalue weighted by Crippen LogP contribution is 2.29. The van der Waals surface area contributed by atoms with Crippen LogP contribution in [0.4, 0.5) is 5.69 Å². The van der Waals surface area contributed by atoms with Crippen LogP contribution < -0.4 is 5.32 Å². The van der Waals surface area contributed by atoms with Gasteiger partial charge in [0.1, 0.15) is 0 Å². The second kappa shape index (κ2) is 6.48. The first kappa shape index (κ1) is 14.4. The fourth-order valence-corrected chi connectivity index (χ4v) is 3.55. The smallest absolute Gasteiger partial charge is 0.338 e. The highest BCUT2D eigenvalue weighted by Gasteiger charge is 2.35. The van der Waals surface area contributed by atoms with E-state index in [1.165, 1.54) is 38.8 Å². The summed E-state index contributed by atoms with van der Waals surface area (Å²) in [7, 11) is 0. The van der Waals surface area contributed by atoms with Gasteiger partial charge in [0.15, 0.2) is 0 Å². The number of fused-ring (bicyclic) bond motifs is 1. The molecule has 0 saturated carbocycles. The number of hydrogen-bond donors (Lipinski definition) is 1. The highest BCUT2D eigenvalue weighted by atomic mass is 16.5. The van der Waals surface area contributed by atoms with Gasteiger partial charge in [-0.15, -0.1) is 0 Å². The lowest BCUT2D eigenvalue weighted by Gasteiger charge is -2.33. The van der Waals surface area contributed by atoms with E-state index in [0.29, 0.717) is 24.3 Å². The minimum absolute atomic E-state index is 0.247. The fourth-order valence-electron chi connectivity index (χ4n) is 3.55. The van der Waals surface area contributed by atoms with E-state index in [1.807, 2.05) is 31.2 Å².